The quantitative estimate of drug-likeness (QED) is 0.666. The highest BCUT2D eigenvalue weighted by atomic mass is 19.1. The Labute approximate surface area is 122 Å². The molecule has 0 saturated heterocycles. The van der Waals surface area contributed by atoms with Gasteiger partial charge in [0.05, 0.1) is 6.26 Å². The van der Waals surface area contributed by atoms with Crippen LogP contribution in [-0.4, -0.2) is 18.5 Å². The van der Waals surface area contributed by atoms with E-state index in [-0.39, 0.29) is 11.7 Å². The Kier molecular flexibility index (Phi) is 2.82. The molecule has 4 rings (SSSR count). The van der Waals surface area contributed by atoms with Gasteiger partial charge >= 0.3 is 0 Å². The fourth-order valence-corrected chi connectivity index (χ4v) is 3.38. The van der Waals surface area contributed by atoms with Crippen LogP contribution in [0.25, 0.3) is 11.0 Å². The molecule has 0 fully saturated rings. The second-order valence-corrected chi connectivity index (χ2v) is 5.77. The number of hydrogen-bond acceptors (Lipinski definition) is 2. The molecular weight excluding hydrogens is 265 g/mol. The van der Waals surface area contributed by atoms with Crippen LogP contribution < -0.4 is 0 Å². The van der Waals surface area contributed by atoms with Gasteiger partial charge in [0.2, 0.25) is 0 Å². The van der Waals surface area contributed by atoms with Crippen molar-refractivity contribution in [3.05, 3.63) is 71.2 Å². The smallest absolute Gasteiger partial charge is 0.134 e. The molecule has 0 aliphatic carbocycles. The summed E-state index contributed by atoms with van der Waals surface area (Å²) in [5, 5.41) is 1.17. The molecule has 2 nitrogen and oxygen atoms in total. The molecule has 3 heteroatoms. The molecule has 3 aromatic rings. The summed E-state index contributed by atoms with van der Waals surface area (Å²) in [5.74, 6) is 0.0282. The lowest BCUT2D eigenvalue weighted by molar-refractivity contribution is 0.296. The maximum absolute atomic E-state index is 13.6. The summed E-state index contributed by atoms with van der Waals surface area (Å²) in [5.41, 5.74) is 4.53. The lowest BCUT2D eigenvalue weighted by Crippen LogP contribution is -2.31. The van der Waals surface area contributed by atoms with Gasteiger partial charge in [-0.15, -0.1) is 0 Å². The number of nitrogens with zero attached hydrogens (tertiary/aromatic N) is 1. The third-order valence-electron chi connectivity index (χ3n) is 4.33. The van der Waals surface area contributed by atoms with Gasteiger partial charge in [-0.05, 0) is 48.0 Å². The number of benzene rings is 2. The molecule has 0 saturated carbocycles. The molecular formula is C18H16FNO. The van der Waals surface area contributed by atoms with Crippen molar-refractivity contribution in [2.75, 3.05) is 13.6 Å². The molecule has 1 unspecified atom stereocenters. The van der Waals surface area contributed by atoms with Crippen LogP contribution >= 0.6 is 0 Å². The third-order valence-corrected chi connectivity index (χ3v) is 4.33. The Morgan fingerprint density at radius 3 is 2.95 bits per heavy atom. The van der Waals surface area contributed by atoms with Gasteiger partial charge < -0.3 is 9.32 Å². The minimum absolute atomic E-state index is 0.174. The summed E-state index contributed by atoms with van der Waals surface area (Å²) in [6.07, 6.45) is 1.73. The van der Waals surface area contributed by atoms with Crippen LogP contribution in [0, 0.1) is 5.82 Å². The zero-order chi connectivity index (χ0) is 14.4. The minimum atomic E-state index is -0.174. The average molecular weight is 281 g/mol. The minimum Gasteiger partial charge on any atom is -0.464 e. The zero-order valence-corrected chi connectivity index (χ0v) is 11.8. The first kappa shape index (κ1) is 12.6. The van der Waals surface area contributed by atoms with Gasteiger partial charge in [0.1, 0.15) is 11.4 Å². The van der Waals surface area contributed by atoms with Crippen LogP contribution in [0.5, 0.6) is 0 Å². The van der Waals surface area contributed by atoms with Gasteiger partial charge in [-0.1, -0.05) is 18.2 Å². The second kappa shape index (κ2) is 4.71. The van der Waals surface area contributed by atoms with Crippen molar-refractivity contribution in [2.24, 2.45) is 0 Å². The van der Waals surface area contributed by atoms with Gasteiger partial charge in [-0.3, -0.25) is 0 Å². The molecule has 1 aromatic heterocycles. The van der Waals surface area contributed by atoms with E-state index >= 15 is 0 Å². The fraction of sp³-hybridized carbons (Fsp3) is 0.222. The number of likely N-dealkylation sites (N-methyl/N-ethyl adjacent to an activating group) is 1. The molecule has 0 N–H and O–H groups in total. The van der Waals surface area contributed by atoms with E-state index in [0.717, 1.165) is 24.2 Å². The number of furan rings is 1. The fourth-order valence-electron chi connectivity index (χ4n) is 3.38. The first-order valence-corrected chi connectivity index (χ1v) is 7.15. The first-order chi connectivity index (χ1) is 10.2. The van der Waals surface area contributed by atoms with Crippen LogP contribution in [0.1, 0.15) is 22.6 Å². The molecule has 0 bridgehead atoms. The normalized spacial score (nSPS) is 18.9. The van der Waals surface area contributed by atoms with Gasteiger partial charge in [0.25, 0.3) is 0 Å². The van der Waals surface area contributed by atoms with E-state index < -0.39 is 0 Å². The second-order valence-electron chi connectivity index (χ2n) is 5.77. The van der Waals surface area contributed by atoms with Crippen molar-refractivity contribution in [2.45, 2.75) is 12.5 Å². The number of rotatable bonds is 1. The van der Waals surface area contributed by atoms with Crippen molar-refractivity contribution in [1.82, 2.24) is 4.90 Å². The van der Waals surface area contributed by atoms with Crippen LogP contribution in [0.2, 0.25) is 0 Å². The standard InChI is InChI=1S/C18H16FNO/c1-20-10-16(12-3-2-4-13(19)9-12)14-5-6-18-15(7-8-21-18)17(14)11-20/h2-9,16H,10-11H2,1H3. The Morgan fingerprint density at radius 2 is 2.10 bits per heavy atom. The highest BCUT2D eigenvalue weighted by Crippen LogP contribution is 2.37. The zero-order valence-electron chi connectivity index (χ0n) is 11.8. The molecule has 1 aliphatic rings. The molecule has 2 heterocycles. The van der Waals surface area contributed by atoms with Crippen LogP contribution in [0.4, 0.5) is 4.39 Å². The Morgan fingerprint density at radius 1 is 1.19 bits per heavy atom. The number of halogens is 1. The molecule has 0 amide bonds. The molecule has 1 atom stereocenters. The predicted molar refractivity (Wildman–Crippen MR) is 80.8 cm³/mol. The molecule has 21 heavy (non-hydrogen) atoms. The predicted octanol–water partition coefficient (Wildman–Crippen LogP) is 4.15. The SMILES string of the molecule is CN1Cc2c(ccc3occc23)C(c2cccc(F)c2)C1. The van der Waals surface area contributed by atoms with Crippen LogP contribution in [0.3, 0.4) is 0 Å². The van der Waals surface area contributed by atoms with Crippen LogP contribution in [0.15, 0.2) is 53.1 Å². The Hall–Kier alpha value is -2.13. The molecule has 0 spiro atoms. The largest absolute Gasteiger partial charge is 0.464 e. The highest BCUT2D eigenvalue weighted by Gasteiger charge is 2.26. The van der Waals surface area contributed by atoms with Crippen molar-refractivity contribution in [1.29, 1.82) is 0 Å². The summed E-state index contributed by atoms with van der Waals surface area (Å²) in [4.78, 5) is 2.28. The van der Waals surface area contributed by atoms with Crippen molar-refractivity contribution in [3.63, 3.8) is 0 Å². The number of fused-ring (bicyclic) bond motifs is 3. The lowest BCUT2D eigenvalue weighted by Gasteiger charge is -2.33. The van der Waals surface area contributed by atoms with E-state index in [1.54, 1.807) is 18.4 Å². The van der Waals surface area contributed by atoms with Crippen LogP contribution in [-0.2, 0) is 6.54 Å². The molecule has 1 aliphatic heterocycles. The van der Waals surface area contributed by atoms with E-state index in [2.05, 4.69) is 18.0 Å². The first-order valence-electron chi connectivity index (χ1n) is 7.15. The molecule has 0 radical (unpaired) electrons. The van der Waals surface area contributed by atoms with E-state index in [1.807, 2.05) is 18.2 Å². The van der Waals surface area contributed by atoms with E-state index in [9.17, 15) is 4.39 Å². The third kappa shape index (κ3) is 2.05. The topological polar surface area (TPSA) is 16.4 Å². The summed E-state index contributed by atoms with van der Waals surface area (Å²) < 4.78 is 19.1. The average Bonchev–Trinajstić information content (AvgIpc) is 2.95. The lowest BCUT2D eigenvalue weighted by atomic mass is 9.83. The summed E-state index contributed by atoms with van der Waals surface area (Å²) >= 11 is 0. The molecule has 106 valence electrons. The van der Waals surface area contributed by atoms with Gasteiger partial charge in [0.15, 0.2) is 0 Å². The summed E-state index contributed by atoms with van der Waals surface area (Å²) in [6.45, 7) is 1.80. The van der Waals surface area contributed by atoms with Gasteiger partial charge in [0, 0.05) is 24.4 Å². The summed E-state index contributed by atoms with van der Waals surface area (Å²) in [6, 6.07) is 13.1. The van der Waals surface area contributed by atoms with Crippen molar-refractivity contribution >= 4 is 11.0 Å². The Bertz CT molecular complexity index is 808. The number of hydrogen-bond donors (Lipinski definition) is 0. The van der Waals surface area contributed by atoms with Crippen molar-refractivity contribution in [3.8, 4) is 0 Å². The van der Waals surface area contributed by atoms with Gasteiger partial charge in [-0.2, -0.15) is 0 Å². The van der Waals surface area contributed by atoms with Crippen molar-refractivity contribution < 1.29 is 8.81 Å². The highest BCUT2D eigenvalue weighted by molar-refractivity contribution is 5.83. The monoisotopic (exact) mass is 281 g/mol. The maximum Gasteiger partial charge on any atom is 0.134 e. The van der Waals surface area contributed by atoms with E-state index in [0.29, 0.717) is 0 Å². The Balaban J connectivity index is 1.91. The summed E-state index contributed by atoms with van der Waals surface area (Å²) in [7, 11) is 2.11. The maximum atomic E-state index is 13.6. The molecule has 2 aromatic carbocycles. The van der Waals surface area contributed by atoms with Gasteiger partial charge in [-0.25, -0.2) is 4.39 Å². The van der Waals surface area contributed by atoms with E-state index in [1.165, 1.54) is 22.6 Å². The van der Waals surface area contributed by atoms with E-state index in [4.69, 9.17) is 4.42 Å².